The Morgan fingerprint density at radius 1 is 1.09 bits per heavy atom. The molecule has 1 aliphatic heterocycles. The lowest BCUT2D eigenvalue weighted by atomic mass is 10.0. The fraction of sp³-hybridized carbons (Fsp3) is 0.370. The molecule has 0 spiro atoms. The summed E-state index contributed by atoms with van der Waals surface area (Å²) in [4.78, 5) is 32.7. The quantitative estimate of drug-likeness (QED) is 0.430. The normalized spacial score (nSPS) is 16.8. The van der Waals surface area contributed by atoms with Crippen molar-refractivity contribution in [2.24, 2.45) is 0 Å². The molecule has 3 aromatic heterocycles. The standard InChI is InChI=1S/C27H31N5O2/c1-20-7-2-3-16-30(20)17-6-15-29-26(33)22-12-10-21(11-13-22)19-32-25-23(8-4-14-28-25)31-18-5-9-24(31)27(32)34/h4-5,8-14,18,20H,2-3,6-7,15-17,19H2,1H3,(H,29,33)/t20-/m1/s1. The molecule has 7 heteroatoms. The largest absolute Gasteiger partial charge is 0.352 e. The summed E-state index contributed by atoms with van der Waals surface area (Å²) in [6.45, 7) is 5.56. The highest BCUT2D eigenvalue weighted by atomic mass is 16.1. The molecule has 1 atom stereocenters. The molecule has 176 valence electrons. The van der Waals surface area contributed by atoms with Crippen LogP contribution in [-0.4, -0.2) is 50.4 Å². The fourth-order valence-electron chi connectivity index (χ4n) is 4.95. The van der Waals surface area contributed by atoms with Gasteiger partial charge in [-0.25, -0.2) is 4.98 Å². The zero-order chi connectivity index (χ0) is 23.5. The van der Waals surface area contributed by atoms with Gasteiger partial charge >= 0.3 is 0 Å². The van der Waals surface area contributed by atoms with Crippen molar-refractivity contribution in [3.05, 3.63) is 82.4 Å². The summed E-state index contributed by atoms with van der Waals surface area (Å²) in [6, 6.07) is 15.7. The Hall–Kier alpha value is -3.45. The molecular weight excluding hydrogens is 426 g/mol. The van der Waals surface area contributed by atoms with Gasteiger partial charge in [-0.15, -0.1) is 0 Å². The first kappa shape index (κ1) is 22.3. The SMILES string of the molecule is C[C@@H]1CCCCN1CCCNC(=O)c1ccc(Cn2c(=O)c3cccn3c3cccnc32)cc1. The third kappa shape index (κ3) is 4.48. The lowest BCUT2D eigenvalue weighted by Crippen LogP contribution is -2.39. The number of aromatic nitrogens is 3. The van der Waals surface area contributed by atoms with Crippen molar-refractivity contribution in [1.82, 2.24) is 24.2 Å². The first-order valence-electron chi connectivity index (χ1n) is 12.2. The van der Waals surface area contributed by atoms with Gasteiger partial charge in [-0.05, 0) is 74.7 Å². The lowest BCUT2D eigenvalue weighted by Gasteiger charge is -2.33. The summed E-state index contributed by atoms with van der Waals surface area (Å²) in [6.07, 6.45) is 8.42. The van der Waals surface area contributed by atoms with Crippen LogP contribution in [0.25, 0.3) is 16.7 Å². The summed E-state index contributed by atoms with van der Waals surface area (Å²) < 4.78 is 3.57. The number of benzene rings is 1. The van der Waals surface area contributed by atoms with Gasteiger partial charge in [0.25, 0.3) is 11.5 Å². The second kappa shape index (κ2) is 9.81. The average molecular weight is 458 g/mol. The Morgan fingerprint density at radius 3 is 2.74 bits per heavy atom. The number of carbonyl (C=O) groups excluding carboxylic acids is 1. The maximum absolute atomic E-state index is 13.1. The molecule has 0 radical (unpaired) electrons. The topological polar surface area (TPSA) is 71.6 Å². The highest BCUT2D eigenvalue weighted by molar-refractivity contribution is 5.94. The van der Waals surface area contributed by atoms with Crippen LogP contribution in [0.2, 0.25) is 0 Å². The minimum Gasteiger partial charge on any atom is -0.352 e. The molecular formula is C27H31N5O2. The summed E-state index contributed by atoms with van der Waals surface area (Å²) in [7, 11) is 0. The van der Waals surface area contributed by atoms with Gasteiger partial charge in [0.1, 0.15) is 5.52 Å². The predicted molar refractivity (Wildman–Crippen MR) is 134 cm³/mol. The van der Waals surface area contributed by atoms with Crippen molar-refractivity contribution in [1.29, 1.82) is 0 Å². The Bertz CT molecular complexity index is 1360. The number of fused-ring (bicyclic) bond motifs is 3. The summed E-state index contributed by atoms with van der Waals surface area (Å²) in [5, 5.41) is 3.04. The molecule has 1 aliphatic rings. The van der Waals surface area contributed by atoms with Gasteiger partial charge in [0, 0.05) is 37.1 Å². The number of nitrogens with one attached hydrogen (secondary N) is 1. The first-order valence-corrected chi connectivity index (χ1v) is 12.2. The van der Waals surface area contributed by atoms with Gasteiger partial charge in [-0.3, -0.25) is 14.2 Å². The fourth-order valence-corrected chi connectivity index (χ4v) is 4.95. The maximum Gasteiger partial charge on any atom is 0.276 e. The van der Waals surface area contributed by atoms with E-state index in [1.165, 1.54) is 25.8 Å². The molecule has 0 aliphatic carbocycles. The number of hydrogen-bond donors (Lipinski definition) is 1. The molecule has 1 N–H and O–H groups in total. The van der Waals surface area contributed by atoms with Crippen LogP contribution < -0.4 is 10.9 Å². The highest BCUT2D eigenvalue weighted by Crippen LogP contribution is 2.17. The molecule has 34 heavy (non-hydrogen) atoms. The number of likely N-dealkylation sites (tertiary alicyclic amines) is 1. The smallest absolute Gasteiger partial charge is 0.276 e. The van der Waals surface area contributed by atoms with E-state index in [1.807, 2.05) is 59.1 Å². The van der Waals surface area contributed by atoms with Crippen LogP contribution in [0.4, 0.5) is 0 Å². The minimum atomic E-state index is -0.0824. The van der Waals surface area contributed by atoms with E-state index in [2.05, 4.69) is 22.1 Å². The van der Waals surface area contributed by atoms with E-state index in [1.54, 1.807) is 10.8 Å². The monoisotopic (exact) mass is 457 g/mol. The molecule has 5 rings (SSSR count). The Balaban J connectivity index is 1.24. The summed E-state index contributed by atoms with van der Waals surface area (Å²) in [5.74, 6) is -0.0582. The number of nitrogens with zero attached hydrogens (tertiary/aromatic N) is 4. The molecule has 1 aromatic carbocycles. The number of hydrogen-bond acceptors (Lipinski definition) is 4. The maximum atomic E-state index is 13.1. The third-order valence-corrected chi connectivity index (χ3v) is 6.90. The van der Waals surface area contributed by atoms with Crippen LogP contribution in [0.15, 0.2) is 65.7 Å². The molecule has 4 aromatic rings. The van der Waals surface area contributed by atoms with Crippen molar-refractivity contribution in [2.45, 2.75) is 45.2 Å². The Labute approximate surface area is 199 Å². The second-order valence-corrected chi connectivity index (χ2v) is 9.19. The van der Waals surface area contributed by atoms with Crippen LogP contribution in [0.5, 0.6) is 0 Å². The van der Waals surface area contributed by atoms with E-state index < -0.39 is 0 Å². The molecule has 1 fully saturated rings. The highest BCUT2D eigenvalue weighted by Gasteiger charge is 2.17. The van der Waals surface area contributed by atoms with E-state index in [0.29, 0.717) is 35.9 Å². The van der Waals surface area contributed by atoms with Crippen LogP contribution in [0, 0.1) is 0 Å². The van der Waals surface area contributed by atoms with Crippen LogP contribution >= 0.6 is 0 Å². The van der Waals surface area contributed by atoms with E-state index in [4.69, 9.17) is 0 Å². The molecule has 7 nitrogen and oxygen atoms in total. The first-order chi connectivity index (χ1) is 16.6. The van der Waals surface area contributed by atoms with E-state index in [0.717, 1.165) is 24.0 Å². The van der Waals surface area contributed by atoms with E-state index >= 15 is 0 Å². The number of piperidine rings is 1. The molecule has 4 heterocycles. The average Bonchev–Trinajstić information content (AvgIpc) is 3.36. The summed E-state index contributed by atoms with van der Waals surface area (Å²) >= 11 is 0. The number of pyridine rings is 1. The molecule has 1 saturated heterocycles. The Morgan fingerprint density at radius 2 is 1.91 bits per heavy atom. The van der Waals surface area contributed by atoms with Crippen molar-refractivity contribution in [3.63, 3.8) is 0 Å². The molecule has 0 unspecified atom stereocenters. The van der Waals surface area contributed by atoms with Crippen LogP contribution in [0.3, 0.4) is 0 Å². The van der Waals surface area contributed by atoms with Crippen LogP contribution in [0.1, 0.15) is 48.5 Å². The van der Waals surface area contributed by atoms with Gasteiger partial charge < -0.3 is 14.6 Å². The van der Waals surface area contributed by atoms with Crippen LogP contribution in [-0.2, 0) is 6.54 Å². The predicted octanol–water partition coefficient (Wildman–Crippen LogP) is 3.69. The zero-order valence-corrected chi connectivity index (χ0v) is 19.6. The van der Waals surface area contributed by atoms with E-state index in [9.17, 15) is 9.59 Å². The molecule has 0 bridgehead atoms. The minimum absolute atomic E-state index is 0.0582. The van der Waals surface area contributed by atoms with Crippen molar-refractivity contribution in [2.75, 3.05) is 19.6 Å². The molecule has 1 amide bonds. The van der Waals surface area contributed by atoms with Crippen molar-refractivity contribution >= 4 is 22.6 Å². The van der Waals surface area contributed by atoms with Gasteiger partial charge in [-0.1, -0.05) is 18.6 Å². The summed E-state index contributed by atoms with van der Waals surface area (Å²) in [5.41, 5.74) is 3.64. The number of rotatable bonds is 7. The third-order valence-electron chi connectivity index (χ3n) is 6.90. The van der Waals surface area contributed by atoms with Gasteiger partial charge in [0.05, 0.1) is 12.1 Å². The lowest BCUT2D eigenvalue weighted by molar-refractivity contribution is 0.0949. The second-order valence-electron chi connectivity index (χ2n) is 9.19. The van der Waals surface area contributed by atoms with Crippen molar-refractivity contribution < 1.29 is 4.79 Å². The van der Waals surface area contributed by atoms with Crippen molar-refractivity contribution in [3.8, 4) is 0 Å². The van der Waals surface area contributed by atoms with Gasteiger partial charge in [0.2, 0.25) is 0 Å². The Kier molecular flexibility index (Phi) is 6.45. The van der Waals surface area contributed by atoms with E-state index in [-0.39, 0.29) is 11.5 Å². The zero-order valence-electron chi connectivity index (χ0n) is 19.6. The van der Waals surface area contributed by atoms with Gasteiger partial charge in [-0.2, -0.15) is 0 Å². The number of amides is 1. The van der Waals surface area contributed by atoms with Gasteiger partial charge in [0.15, 0.2) is 5.65 Å². The number of carbonyl (C=O) groups is 1. The molecule has 0 saturated carbocycles.